The van der Waals surface area contributed by atoms with Crippen LogP contribution in [0.3, 0.4) is 0 Å². The van der Waals surface area contributed by atoms with Crippen LogP contribution in [0.15, 0.2) is 0 Å². The molecule has 0 aromatic heterocycles. The number of hydrazine groups is 1. The Morgan fingerprint density at radius 3 is 2.67 bits per heavy atom. The number of guanidine groups is 1. The first-order valence-corrected chi connectivity index (χ1v) is 3.16. The topological polar surface area (TPSA) is 65.1 Å². The third kappa shape index (κ3) is 1.57. The first kappa shape index (κ1) is 6.35. The van der Waals surface area contributed by atoms with Gasteiger partial charge in [0.1, 0.15) is 0 Å². The first-order valence-electron chi connectivity index (χ1n) is 3.16. The first-order chi connectivity index (χ1) is 4.30. The highest BCUT2D eigenvalue weighted by atomic mass is 15.5. The molecule has 0 bridgehead atoms. The van der Waals surface area contributed by atoms with Crippen molar-refractivity contribution in [1.82, 2.24) is 10.4 Å². The van der Waals surface area contributed by atoms with E-state index in [2.05, 4.69) is 5.43 Å². The van der Waals surface area contributed by atoms with Crippen molar-refractivity contribution in [2.24, 2.45) is 5.73 Å². The van der Waals surface area contributed by atoms with E-state index >= 15 is 0 Å². The van der Waals surface area contributed by atoms with Crippen LogP contribution in [0.4, 0.5) is 0 Å². The number of rotatable bonds is 0. The zero-order valence-corrected chi connectivity index (χ0v) is 5.35. The summed E-state index contributed by atoms with van der Waals surface area (Å²) in [4.78, 5) is 0. The number of hydrogen-bond donors (Lipinski definition) is 3. The predicted octanol–water partition coefficient (Wildman–Crippen LogP) is -0.520. The molecule has 1 aliphatic rings. The molecule has 0 atom stereocenters. The van der Waals surface area contributed by atoms with Crippen LogP contribution in [-0.4, -0.2) is 24.1 Å². The molecule has 1 fully saturated rings. The van der Waals surface area contributed by atoms with Crippen LogP contribution in [-0.2, 0) is 0 Å². The second kappa shape index (κ2) is 2.68. The average Bonchev–Trinajstić information content (AvgIpc) is 1.90. The number of nitrogens with two attached hydrogens (primary N) is 1. The van der Waals surface area contributed by atoms with Gasteiger partial charge in [-0.3, -0.25) is 10.4 Å². The summed E-state index contributed by atoms with van der Waals surface area (Å²) >= 11 is 0. The van der Waals surface area contributed by atoms with Crippen LogP contribution < -0.4 is 11.2 Å². The van der Waals surface area contributed by atoms with Crippen molar-refractivity contribution in [1.29, 1.82) is 5.41 Å². The Morgan fingerprint density at radius 2 is 2.33 bits per heavy atom. The summed E-state index contributed by atoms with van der Waals surface area (Å²) in [6, 6.07) is 0. The van der Waals surface area contributed by atoms with E-state index in [0.29, 0.717) is 0 Å². The van der Waals surface area contributed by atoms with Gasteiger partial charge in [-0.05, 0) is 12.8 Å². The van der Waals surface area contributed by atoms with Crippen LogP contribution in [0.1, 0.15) is 12.8 Å². The van der Waals surface area contributed by atoms with Gasteiger partial charge in [-0.15, -0.1) is 0 Å². The van der Waals surface area contributed by atoms with Gasteiger partial charge < -0.3 is 5.73 Å². The molecule has 9 heavy (non-hydrogen) atoms. The lowest BCUT2D eigenvalue weighted by Crippen LogP contribution is -2.49. The quantitative estimate of drug-likeness (QED) is 0.304. The molecule has 0 unspecified atom stereocenters. The van der Waals surface area contributed by atoms with Crippen molar-refractivity contribution in [3.63, 3.8) is 0 Å². The Kier molecular flexibility index (Phi) is 1.89. The molecule has 0 aliphatic carbocycles. The molecule has 1 aliphatic heterocycles. The van der Waals surface area contributed by atoms with Crippen LogP contribution in [0, 0.1) is 5.41 Å². The summed E-state index contributed by atoms with van der Waals surface area (Å²) in [6.45, 7) is 1.81. The van der Waals surface area contributed by atoms with E-state index in [1.54, 1.807) is 5.01 Å². The van der Waals surface area contributed by atoms with Crippen molar-refractivity contribution in [2.45, 2.75) is 12.8 Å². The van der Waals surface area contributed by atoms with Crippen molar-refractivity contribution in [2.75, 3.05) is 13.1 Å². The molecule has 0 spiro atoms. The van der Waals surface area contributed by atoms with E-state index in [-0.39, 0.29) is 5.96 Å². The molecule has 4 N–H and O–H groups in total. The molecule has 0 aromatic carbocycles. The largest absolute Gasteiger partial charge is 0.369 e. The van der Waals surface area contributed by atoms with Gasteiger partial charge in [0.2, 0.25) is 5.96 Å². The molecule has 0 radical (unpaired) electrons. The average molecular weight is 128 g/mol. The lowest BCUT2D eigenvalue weighted by atomic mass is 10.3. The van der Waals surface area contributed by atoms with Gasteiger partial charge in [0.15, 0.2) is 0 Å². The van der Waals surface area contributed by atoms with E-state index in [9.17, 15) is 0 Å². The van der Waals surface area contributed by atoms with Crippen molar-refractivity contribution < 1.29 is 0 Å². The summed E-state index contributed by atoms with van der Waals surface area (Å²) in [5.41, 5.74) is 8.22. The van der Waals surface area contributed by atoms with Gasteiger partial charge in [-0.2, -0.15) is 0 Å². The summed E-state index contributed by atoms with van der Waals surface area (Å²) < 4.78 is 0. The maximum absolute atomic E-state index is 7.03. The maximum Gasteiger partial charge on any atom is 0.203 e. The molecule has 4 nitrogen and oxygen atoms in total. The van der Waals surface area contributed by atoms with Crippen LogP contribution in [0.5, 0.6) is 0 Å². The molecule has 0 aromatic rings. The fraction of sp³-hybridized carbons (Fsp3) is 0.800. The van der Waals surface area contributed by atoms with E-state index in [1.807, 2.05) is 0 Å². The predicted molar refractivity (Wildman–Crippen MR) is 35.9 cm³/mol. The minimum Gasteiger partial charge on any atom is -0.369 e. The summed E-state index contributed by atoms with van der Waals surface area (Å²) in [7, 11) is 0. The summed E-state index contributed by atoms with van der Waals surface area (Å²) in [5, 5.41) is 8.70. The molecular formula is C5H12N4. The van der Waals surface area contributed by atoms with Gasteiger partial charge in [0, 0.05) is 13.1 Å². The zero-order valence-electron chi connectivity index (χ0n) is 5.35. The Balaban J connectivity index is 2.31. The molecule has 1 rings (SSSR count). The number of hydrogen-bond acceptors (Lipinski definition) is 2. The Hall–Kier alpha value is -0.770. The monoisotopic (exact) mass is 128 g/mol. The van der Waals surface area contributed by atoms with E-state index in [4.69, 9.17) is 11.1 Å². The standard InChI is InChI=1S/C5H12N4/c6-5(7)9-4-2-1-3-8-9/h8H,1-4H2,(H3,6,7). The highest BCUT2D eigenvalue weighted by molar-refractivity contribution is 5.74. The Labute approximate surface area is 54.5 Å². The van der Waals surface area contributed by atoms with Gasteiger partial charge >= 0.3 is 0 Å². The number of nitrogens with zero attached hydrogens (tertiary/aromatic N) is 1. The molecular weight excluding hydrogens is 116 g/mol. The minimum absolute atomic E-state index is 0.120. The maximum atomic E-state index is 7.03. The van der Waals surface area contributed by atoms with Crippen LogP contribution in [0.2, 0.25) is 0 Å². The summed E-state index contributed by atoms with van der Waals surface area (Å²) in [6.07, 6.45) is 2.32. The zero-order chi connectivity index (χ0) is 6.69. The van der Waals surface area contributed by atoms with Gasteiger partial charge in [-0.1, -0.05) is 0 Å². The van der Waals surface area contributed by atoms with Crippen molar-refractivity contribution in [3.8, 4) is 0 Å². The SMILES string of the molecule is N=C(N)N1CCCCN1. The van der Waals surface area contributed by atoms with E-state index in [1.165, 1.54) is 6.42 Å². The fourth-order valence-corrected chi connectivity index (χ4v) is 0.894. The normalized spacial score (nSPS) is 19.8. The van der Waals surface area contributed by atoms with Crippen LogP contribution in [0.25, 0.3) is 0 Å². The molecule has 1 saturated heterocycles. The van der Waals surface area contributed by atoms with Gasteiger partial charge in [-0.25, -0.2) is 5.43 Å². The number of nitrogens with one attached hydrogen (secondary N) is 2. The fourth-order valence-electron chi connectivity index (χ4n) is 0.894. The summed E-state index contributed by atoms with van der Waals surface area (Å²) in [5.74, 6) is 0.120. The molecule has 4 heteroatoms. The van der Waals surface area contributed by atoms with Crippen molar-refractivity contribution in [3.05, 3.63) is 0 Å². The Bertz CT molecular complexity index is 106. The van der Waals surface area contributed by atoms with Crippen molar-refractivity contribution >= 4 is 5.96 Å². The second-order valence-corrected chi connectivity index (χ2v) is 2.15. The molecule has 0 saturated carbocycles. The highest BCUT2D eigenvalue weighted by Gasteiger charge is 2.08. The lowest BCUT2D eigenvalue weighted by Gasteiger charge is -2.27. The molecule has 52 valence electrons. The minimum atomic E-state index is 0.120. The third-order valence-corrected chi connectivity index (χ3v) is 1.40. The molecule has 1 heterocycles. The lowest BCUT2D eigenvalue weighted by molar-refractivity contribution is 0.252. The smallest absolute Gasteiger partial charge is 0.203 e. The third-order valence-electron chi connectivity index (χ3n) is 1.40. The second-order valence-electron chi connectivity index (χ2n) is 2.15. The van der Waals surface area contributed by atoms with E-state index in [0.717, 1.165) is 19.5 Å². The Morgan fingerprint density at radius 1 is 1.56 bits per heavy atom. The van der Waals surface area contributed by atoms with Crippen LogP contribution >= 0.6 is 0 Å². The van der Waals surface area contributed by atoms with Gasteiger partial charge in [0.25, 0.3) is 0 Å². The van der Waals surface area contributed by atoms with E-state index < -0.39 is 0 Å². The molecule has 0 amide bonds. The van der Waals surface area contributed by atoms with Gasteiger partial charge in [0.05, 0.1) is 0 Å². The highest BCUT2D eigenvalue weighted by Crippen LogP contribution is 1.96.